The molecule has 1 amide bonds. The SMILES string of the molecule is CC(=O)c1cccc(OC(C(=O)NN)c2ccccc2)c1. The third kappa shape index (κ3) is 3.67. The number of carbonyl (C=O) groups excluding carboxylic acids is 2. The molecule has 0 aliphatic heterocycles. The van der Waals surface area contributed by atoms with Gasteiger partial charge < -0.3 is 4.74 Å². The first-order valence-corrected chi connectivity index (χ1v) is 6.45. The first-order chi connectivity index (χ1) is 10.1. The van der Waals surface area contributed by atoms with E-state index in [0.717, 1.165) is 0 Å². The molecule has 5 nitrogen and oxygen atoms in total. The van der Waals surface area contributed by atoms with Crippen LogP contribution in [0, 0.1) is 0 Å². The third-order valence-corrected chi connectivity index (χ3v) is 2.98. The first kappa shape index (κ1) is 14.7. The van der Waals surface area contributed by atoms with Crippen LogP contribution in [0.4, 0.5) is 0 Å². The zero-order chi connectivity index (χ0) is 15.2. The monoisotopic (exact) mass is 284 g/mol. The van der Waals surface area contributed by atoms with Gasteiger partial charge in [0, 0.05) is 11.1 Å². The van der Waals surface area contributed by atoms with E-state index >= 15 is 0 Å². The predicted octanol–water partition coefficient (Wildman–Crippen LogP) is 2.00. The zero-order valence-corrected chi connectivity index (χ0v) is 11.6. The van der Waals surface area contributed by atoms with E-state index in [1.165, 1.54) is 6.92 Å². The maximum atomic E-state index is 11.9. The summed E-state index contributed by atoms with van der Waals surface area (Å²) in [5.41, 5.74) is 3.29. The lowest BCUT2D eigenvalue weighted by Crippen LogP contribution is -2.37. The van der Waals surface area contributed by atoms with E-state index in [9.17, 15) is 9.59 Å². The number of nitrogens with two attached hydrogens (primary N) is 1. The number of hydrogen-bond donors (Lipinski definition) is 2. The Morgan fingerprint density at radius 2 is 1.81 bits per heavy atom. The lowest BCUT2D eigenvalue weighted by Gasteiger charge is -2.18. The Morgan fingerprint density at radius 3 is 2.43 bits per heavy atom. The lowest BCUT2D eigenvalue weighted by molar-refractivity contribution is -0.128. The number of rotatable bonds is 5. The Morgan fingerprint density at radius 1 is 1.10 bits per heavy atom. The topological polar surface area (TPSA) is 81.4 Å². The van der Waals surface area contributed by atoms with Gasteiger partial charge in [0.2, 0.25) is 6.10 Å². The molecule has 0 heterocycles. The molecular formula is C16H16N2O3. The summed E-state index contributed by atoms with van der Waals surface area (Å²) in [6, 6.07) is 15.7. The number of ketones is 1. The zero-order valence-electron chi connectivity index (χ0n) is 11.6. The van der Waals surface area contributed by atoms with Gasteiger partial charge in [-0.25, -0.2) is 5.84 Å². The number of nitrogens with one attached hydrogen (secondary N) is 1. The highest BCUT2D eigenvalue weighted by atomic mass is 16.5. The van der Waals surface area contributed by atoms with Crippen molar-refractivity contribution in [2.75, 3.05) is 0 Å². The Labute approximate surface area is 122 Å². The van der Waals surface area contributed by atoms with Crippen LogP contribution in [0.5, 0.6) is 5.75 Å². The molecule has 0 radical (unpaired) electrons. The maximum absolute atomic E-state index is 11.9. The standard InChI is InChI=1S/C16H16N2O3/c1-11(19)13-8-5-9-14(10-13)21-15(16(20)18-17)12-6-3-2-4-7-12/h2-10,15H,17H2,1H3,(H,18,20). The van der Waals surface area contributed by atoms with Crippen LogP contribution in [-0.4, -0.2) is 11.7 Å². The minimum Gasteiger partial charge on any atom is -0.476 e. The second-order valence-corrected chi connectivity index (χ2v) is 4.50. The molecule has 5 heteroatoms. The largest absolute Gasteiger partial charge is 0.476 e. The smallest absolute Gasteiger partial charge is 0.279 e. The van der Waals surface area contributed by atoms with Crippen LogP contribution in [0.1, 0.15) is 28.9 Å². The van der Waals surface area contributed by atoms with Gasteiger partial charge in [0.1, 0.15) is 5.75 Å². The molecule has 21 heavy (non-hydrogen) atoms. The second kappa shape index (κ2) is 6.67. The molecule has 0 fully saturated rings. The molecule has 1 atom stereocenters. The third-order valence-electron chi connectivity index (χ3n) is 2.98. The quantitative estimate of drug-likeness (QED) is 0.381. The minimum atomic E-state index is -0.876. The van der Waals surface area contributed by atoms with Crippen LogP contribution in [0.15, 0.2) is 54.6 Å². The van der Waals surface area contributed by atoms with Crippen molar-refractivity contribution in [3.05, 3.63) is 65.7 Å². The molecule has 3 N–H and O–H groups in total. The molecule has 108 valence electrons. The van der Waals surface area contributed by atoms with Crippen LogP contribution in [0.25, 0.3) is 0 Å². The van der Waals surface area contributed by atoms with E-state index in [2.05, 4.69) is 5.43 Å². The second-order valence-electron chi connectivity index (χ2n) is 4.50. The summed E-state index contributed by atoms with van der Waals surface area (Å²) in [6.07, 6.45) is -0.876. The van der Waals surface area contributed by atoms with Gasteiger partial charge in [-0.1, -0.05) is 42.5 Å². The van der Waals surface area contributed by atoms with E-state index < -0.39 is 12.0 Å². The number of amides is 1. The summed E-state index contributed by atoms with van der Waals surface area (Å²) < 4.78 is 5.70. The fraction of sp³-hybridized carbons (Fsp3) is 0.125. The lowest BCUT2D eigenvalue weighted by atomic mass is 10.1. The summed E-state index contributed by atoms with van der Waals surface area (Å²) in [5, 5.41) is 0. The summed E-state index contributed by atoms with van der Waals surface area (Å²) in [7, 11) is 0. The van der Waals surface area contributed by atoms with Crippen molar-refractivity contribution in [3.8, 4) is 5.75 Å². The van der Waals surface area contributed by atoms with Gasteiger partial charge in [0.05, 0.1) is 0 Å². The summed E-state index contributed by atoms with van der Waals surface area (Å²) in [4.78, 5) is 23.3. The molecule has 0 spiro atoms. The van der Waals surface area contributed by atoms with E-state index in [1.54, 1.807) is 36.4 Å². The molecule has 1 unspecified atom stereocenters. The van der Waals surface area contributed by atoms with Gasteiger partial charge in [-0.2, -0.15) is 0 Å². The Hall–Kier alpha value is -2.66. The Kier molecular flexibility index (Phi) is 4.68. The van der Waals surface area contributed by atoms with E-state index in [0.29, 0.717) is 16.9 Å². The van der Waals surface area contributed by atoms with Crippen molar-refractivity contribution < 1.29 is 14.3 Å². The number of benzene rings is 2. The molecule has 0 aromatic heterocycles. The van der Waals surface area contributed by atoms with Crippen molar-refractivity contribution in [1.29, 1.82) is 0 Å². The van der Waals surface area contributed by atoms with Gasteiger partial charge >= 0.3 is 0 Å². The molecule has 2 rings (SSSR count). The average molecular weight is 284 g/mol. The normalized spacial score (nSPS) is 11.5. The highest BCUT2D eigenvalue weighted by Gasteiger charge is 2.21. The fourth-order valence-corrected chi connectivity index (χ4v) is 1.90. The van der Waals surface area contributed by atoms with Crippen LogP contribution in [0.2, 0.25) is 0 Å². The highest BCUT2D eigenvalue weighted by Crippen LogP contribution is 2.23. The minimum absolute atomic E-state index is 0.0695. The Bertz CT molecular complexity index is 641. The van der Waals surface area contributed by atoms with Gasteiger partial charge in [0.15, 0.2) is 5.78 Å². The molecule has 2 aromatic carbocycles. The van der Waals surface area contributed by atoms with Gasteiger partial charge in [-0.15, -0.1) is 0 Å². The van der Waals surface area contributed by atoms with Crippen LogP contribution in [-0.2, 0) is 4.79 Å². The fourth-order valence-electron chi connectivity index (χ4n) is 1.90. The molecule has 0 saturated heterocycles. The van der Waals surface area contributed by atoms with Crippen LogP contribution < -0.4 is 16.0 Å². The van der Waals surface area contributed by atoms with Crippen molar-refractivity contribution in [2.24, 2.45) is 5.84 Å². The number of ether oxygens (including phenoxy) is 1. The molecular weight excluding hydrogens is 268 g/mol. The molecule has 2 aromatic rings. The first-order valence-electron chi connectivity index (χ1n) is 6.45. The maximum Gasteiger partial charge on any atom is 0.279 e. The summed E-state index contributed by atoms with van der Waals surface area (Å²) in [5.74, 6) is 5.11. The van der Waals surface area contributed by atoms with Gasteiger partial charge in [-0.05, 0) is 19.1 Å². The number of hydrogen-bond acceptors (Lipinski definition) is 4. The number of hydrazine groups is 1. The molecule has 0 aliphatic rings. The average Bonchev–Trinajstić information content (AvgIpc) is 2.53. The van der Waals surface area contributed by atoms with Crippen molar-refractivity contribution in [2.45, 2.75) is 13.0 Å². The van der Waals surface area contributed by atoms with E-state index in [1.807, 2.05) is 18.2 Å². The predicted molar refractivity (Wildman–Crippen MR) is 78.6 cm³/mol. The van der Waals surface area contributed by atoms with Crippen molar-refractivity contribution in [1.82, 2.24) is 5.43 Å². The molecule has 0 bridgehead atoms. The van der Waals surface area contributed by atoms with Crippen molar-refractivity contribution >= 4 is 11.7 Å². The van der Waals surface area contributed by atoms with Gasteiger partial charge in [-0.3, -0.25) is 15.0 Å². The number of Topliss-reactive ketones (excluding diaryl/α,β-unsaturated/α-hetero) is 1. The van der Waals surface area contributed by atoms with E-state index in [-0.39, 0.29) is 5.78 Å². The summed E-state index contributed by atoms with van der Waals surface area (Å²) >= 11 is 0. The number of carbonyl (C=O) groups is 2. The molecule has 0 saturated carbocycles. The van der Waals surface area contributed by atoms with Crippen LogP contribution in [0.3, 0.4) is 0 Å². The Balaban J connectivity index is 2.29. The van der Waals surface area contributed by atoms with E-state index in [4.69, 9.17) is 10.6 Å². The molecule has 0 aliphatic carbocycles. The highest BCUT2D eigenvalue weighted by molar-refractivity contribution is 5.94. The summed E-state index contributed by atoms with van der Waals surface area (Å²) in [6.45, 7) is 1.47. The van der Waals surface area contributed by atoms with Crippen molar-refractivity contribution in [3.63, 3.8) is 0 Å². The van der Waals surface area contributed by atoms with Gasteiger partial charge in [0.25, 0.3) is 5.91 Å². The van der Waals surface area contributed by atoms with Crippen LogP contribution >= 0.6 is 0 Å².